The van der Waals surface area contributed by atoms with Gasteiger partial charge in [-0.1, -0.05) is 32.8 Å². The van der Waals surface area contributed by atoms with Gasteiger partial charge in [-0.3, -0.25) is 4.79 Å². The first-order valence-corrected chi connectivity index (χ1v) is 7.38. The summed E-state index contributed by atoms with van der Waals surface area (Å²) in [6, 6.07) is 5.76. The van der Waals surface area contributed by atoms with Gasteiger partial charge >= 0.3 is 21.1 Å². The molecule has 0 radical (unpaired) electrons. The predicted molar refractivity (Wildman–Crippen MR) is 90.6 cm³/mol. The number of ketones is 1. The third-order valence-corrected chi connectivity index (χ3v) is 4.42. The van der Waals surface area contributed by atoms with Crippen LogP contribution in [0.25, 0.3) is 0 Å². The van der Waals surface area contributed by atoms with Crippen LogP contribution in [-0.4, -0.2) is 12.9 Å². The number of carbonyl (C=O) groups excluding carboxylic acids is 1. The quantitative estimate of drug-likeness (QED) is 0.300. The third-order valence-electron chi connectivity index (χ3n) is 4.42. The number of ether oxygens (including phenoxy) is 1. The van der Waals surface area contributed by atoms with Gasteiger partial charge < -0.3 is 18.6 Å². The molecule has 3 unspecified atom stereocenters. The zero-order valence-corrected chi connectivity index (χ0v) is 21.2. The molecule has 1 rings (SSSR count). The number of methoxy groups -OCH3 is 1. The van der Waals surface area contributed by atoms with Crippen LogP contribution in [0.4, 0.5) is 0 Å². The summed E-state index contributed by atoms with van der Waals surface area (Å²) in [7, 11) is 1.62. The van der Waals surface area contributed by atoms with Crippen molar-refractivity contribution in [1.82, 2.24) is 0 Å². The Morgan fingerprint density at radius 1 is 1.26 bits per heavy atom. The molecule has 3 atom stereocenters. The standard InChI is InChI=1S/C18H27O2.CH3.2W/c1-7-13(3)15(5)14(4)11-17(19)16-9-8-12(2)10-18(16)20-6;;;/h7-10,13-15H,11H2,1-6H3;1H3;;/q2*-1;;+2. The Bertz CT molecular complexity index is 461. The van der Waals surface area contributed by atoms with Gasteiger partial charge in [0.2, 0.25) is 0 Å². The fraction of sp³-hybridized carbons (Fsp3) is 0.526. The van der Waals surface area contributed by atoms with Crippen LogP contribution in [-0.2, 0) is 42.1 Å². The number of rotatable bonds is 7. The van der Waals surface area contributed by atoms with Crippen molar-refractivity contribution in [2.45, 2.75) is 41.0 Å². The normalized spacial score (nSPS) is 13.5. The Hall–Kier alpha value is 0.0666. The Labute approximate surface area is 171 Å². The molecule has 0 aliphatic carbocycles. The molecule has 1 aromatic carbocycles. The van der Waals surface area contributed by atoms with Crippen LogP contribution in [0.5, 0.6) is 5.75 Å². The van der Waals surface area contributed by atoms with Gasteiger partial charge in [-0.25, -0.2) is 0 Å². The summed E-state index contributed by atoms with van der Waals surface area (Å²) in [5.41, 5.74) is 1.80. The number of carbonyl (C=O) groups is 1. The molecule has 0 bridgehead atoms. The fourth-order valence-electron chi connectivity index (χ4n) is 2.44. The molecule has 0 N–H and O–H groups in total. The van der Waals surface area contributed by atoms with Crippen molar-refractivity contribution in [3.8, 4) is 5.75 Å². The minimum absolute atomic E-state index is 0. The van der Waals surface area contributed by atoms with E-state index < -0.39 is 0 Å². The van der Waals surface area contributed by atoms with Crippen LogP contribution < -0.4 is 4.74 Å². The molecule has 0 heterocycles. The largest absolute Gasteiger partial charge is 2.00 e. The minimum atomic E-state index is 0. The molecule has 0 saturated heterocycles. The monoisotopic (exact) mass is 658 g/mol. The average molecular weight is 658 g/mol. The van der Waals surface area contributed by atoms with Crippen LogP contribution >= 0.6 is 0 Å². The second-order valence-electron chi connectivity index (χ2n) is 5.86. The summed E-state index contributed by atoms with van der Waals surface area (Å²) >= 11 is 0. The molecule has 1 aromatic rings. The first-order valence-electron chi connectivity index (χ1n) is 7.38. The van der Waals surface area contributed by atoms with E-state index in [0.29, 0.717) is 35.5 Å². The van der Waals surface area contributed by atoms with Crippen molar-refractivity contribution in [1.29, 1.82) is 0 Å². The van der Waals surface area contributed by atoms with Crippen LogP contribution in [0.15, 0.2) is 18.2 Å². The molecule has 0 saturated carbocycles. The Kier molecular flexibility index (Phi) is 16.2. The first-order chi connectivity index (χ1) is 9.40. The molecule has 130 valence electrons. The molecular weight excluding hydrogens is 628 g/mol. The number of Topliss-reactive ketones (excluding diaryl/α,β-unsaturated/α-hetero) is 1. The van der Waals surface area contributed by atoms with Gasteiger partial charge in [0, 0.05) is 27.5 Å². The second kappa shape index (κ2) is 13.4. The van der Waals surface area contributed by atoms with Gasteiger partial charge in [-0.05, 0) is 30.5 Å². The van der Waals surface area contributed by atoms with E-state index in [1.807, 2.05) is 25.1 Å². The predicted octanol–water partition coefficient (Wildman–Crippen LogP) is 5.15. The second-order valence-corrected chi connectivity index (χ2v) is 5.86. The molecule has 0 amide bonds. The number of hydrogen-bond acceptors (Lipinski definition) is 2. The molecular formula is C19H30O2W2. The zero-order chi connectivity index (χ0) is 15.3. The van der Waals surface area contributed by atoms with E-state index in [9.17, 15) is 4.79 Å². The van der Waals surface area contributed by atoms with E-state index in [2.05, 4.69) is 34.1 Å². The molecule has 0 fully saturated rings. The Balaban J connectivity index is -0.00000133. The third kappa shape index (κ3) is 8.13. The minimum Gasteiger partial charge on any atom is -0.496 e. The van der Waals surface area contributed by atoms with Gasteiger partial charge in [0.15, 0.2) is 5.78 Å². The summed E-state index contributed by atoms with van der Waals surface area (Å²) < 4.78 is 5.33. The van der Waals surface area contributed by atoms with Crippen LogP contribution in [0.3, 0.4) is 0 Å². The van der Waals surface area contributed by atoms with Crippen LogP contribution in [0.2, 0.25) is 0 Å². The van der Waals surface area contributed by atoms with E-state index >= 15 is 0 Å². The molecule has 0 aromatic heterocycles. The van der Waals surface area contributed by atoms with Crippen molar-refractivity contribution in [3.63, 3.8) is 0 Å². The molecule has 0 aliphatic heterocycles. The number of benzene rings is 1. The van der Waals surface area contributed by atoms with Gasteiger partial charge in [0.25, 0.3) is 0 Å². The number of hydrogen-bond donors (Lipinski definition) is 0. The van der Waals surface area contributed by atoms with Crippen molar-refractivity contribution in [2.75, 3.05) is 7.11 Å². The van der Waals surface area contributed by atoms with Gasteiger partial charge in [0.05, 0.1) is 12.7 Å². The maximum Gasteiger partial charge on any atom is 2.00 e. The molecule has 2 nitrogen and oxygen atoms in total. The molecule has 0 spiro atoms. The van der Waals surface area contributed by atoms with E-state index in [1.54, 1.807) is 7.11 Å². The van der Waals surface area contributed by atoms with E-state index in [0.717, 1.165) is 5.56 Å². The van der Waals surface area contributed by atoms with E-state index in [1.165, 1.54) is 0 Å². The summed E-state index contributed by atoms with van der Waals surface area (Å²) in [5, 5.41) is 0. The molecule has 23 heavy (non-hydrogen) atoms. The zero-order valence-electron chi connectivity index (χ0n) is 15.4. The van der Waals surface area contributed by atoms with Gasteiger partial charge in [-0.2, -0.15) is 12.8 Å². The average Bonchev–Trinajstić information content (AvgIpc) is 2.44. The fourth-order valence-corrected chi connectivity index (χ4v) is 2.44. The van der Waals surface area contributed by atoms with Gasteiger partial charge in [0.1, 0.15) is 5.75 Å². The summed E-state index contributed by atoms with van der Waals surface area (Å²) in [6.07, 6.45) is 2.77. The van der Waals surface area contributed by atoms with Gasteiger partial charge in [-0.15, -0.1) is 0 Å². The Morgan fingerprint density at radius 2 is 1.83 bits per heavy atom. The smallest absolute Gasteiger partial charge is 0.496 e. The summed E-state index contributed by atoms with van der Waals surface area (Å²) in [5.74, 6) is 2.24. The van der Waals surface area contributed by atoms with E-state index in [4.69, 9.17) is 4.74 Å². The van der Waals surface area contributed by atoms with E-state index in [-0.39, 0.29) is 55.3 Å². The molecule has 4 heteroatoms. The Morgan fingerprint density at radius 3 is 2.30 bits per heavy atom. The summed E-state index contributed by atoms with van der Waals surface area (Å²) in [6.45, 7) is 10.7. The first kappa shape index (κ1) is 27.9. The topological polar surface area (TPSA) is 26.3 Å². The van der Waals surface area contributed by atoms with Crippen molar-refractivity contribution >= 4 is 5.78 Å². The molecule has 0 aliphatic rings. The van der Waals surface area contributed by atoms with Crippen LogP contribution in [0, 0.1) is 38.5 Å². The SMILES string of the molecule is C[CH-]C(C)C(C)C(C)CC(=O)c1ccc(C)cc1OC.[CH3-].[W+2].[W]. The maximum absolute atomic E-state index is 12.5. The summed E-state index contributed by atoms with van der Waals surface area (Å²) in [4.78, 5) is 12.5. The van der Waals surface area contributed by atoms with Crippen molar-refractivity contribution < 1.29 is 51.7 Å². The van der Waals surface area contributed by atoms with Crippen molar-refractivity contribution in [2.24, 2.45) is 17.8 Å². The van der Waals surface area contributed by atoms with Crippen LogP contribution in [0.1, 0.15) is 50.0 Å². The van der Waals surface area contributed by atoms with Crippen molar-refractivity contribution in [3.05, 3.63) is 43.2 Å². The maximum atomic E-state index is 12.5. The number of aryl methyl sites for hydroxylation is 1.